The molecule has 0 bridgehead atoms. The fourth-order valence-corrected chi connectivity index (χ4v) is 1.95. The number of carbonyl (C=O) groups excluding carboxylic acids is 1. The maximum atomic E-state index is 10.6. The molecule has 1 aliphatic rings. The lowest BCUT2D eigenvalue weighted by Crippen LogP contribution is -2.32. The summed E-state index contributed by atoms with van der Waals surface area (Å²) < 4.78 is 1.94. The van der Waals surface area contributed by atoms with Crippen LogP contribution in [-0.4, -0.2) is 28.9 Å². The first-order valence-electron chi connectivity index (χ1n) is 5.07. The van der Waals surface area contributed by atoms with Crippen LogP contribution in [0.3, 0.4) is 0 Å². The predicted octanol–water partition coefficient (Wildman–Crippen LogP) is 0.695. The normalized spacial score (nSPS) is 22.1. The van der Waals surface area contributed by atoms with Crippen molar-refractivity contribution in [3.05, 3.63) is 18.2 Å². The van der Waals surface area contributed by atoms with E-state index in [0.29, 0.717) is 11.7 Å². The van der Waals surface area contributed by atoms with Crippen molar-refractivity contribution >= 4 is 6.29 Å². The minimum absolute atomic E-state index is 0.538. The minimum atomic E-state index is 0.538. The van der Waals surface area contributed by atoms with E-state index in [9.17, 15) is 4.79 Å². The lowest BCUT2D eigenvalue weighted by atomic mass is 10.00. The fourth-order valence-electron chi connectivity index (χ4n) is 1.95. The minimum Gasteiger partial charge on any atom is -0.328 e. The molecule has 2 rings (SSSR count). The van der Waals surface area contributed by atoms with Gasteiger partial charge in [0.2, 0.25) is 0 Å². The molecule has 0 radical (unpaired) electrons. The largest absolute Gasteiger partial charge is 0.328 e. The summed E-state index contributed by atoms with van der Waals surface area (Å²) >= 11 is 0. The van der Waals surface area contributed by atoms with E-state index in [1.165, 1.54) is 12.8 Å². The average Bonchev–Trinajstić information content (AvgIpc) is 2.67. The van der Waals surface area contributed by atoms with E-state index in [-0.39, 0.29) is 0 Å². The van der Waals surface area contributed by atoms with Crippen LogP contribution in [0.25, 0.3) is 0 Å². The quantitative estimate of drug-likeness (QED) is 0.719. The second-order valence-corrected chi connectivity index (χ2v) is 3.77. The number of aldehydes is 1. The molecular formula is C10H15N3O. The van der Waals surface area contributed by atoms with E-state index >= 15 is 0 Å². The molecule has 0 saturated carbocycles. The molecule has 2 heterocycles. The summed E-state index contributed by atoms with van der Waals surface area (Å²) in [6, 6.07) is 0. The van der Waals surface area contributed by atoms with Crippen LogP contribution in [0, 0.1) is 5.92 Å². The number of nitrogens with zero attached hydrogens (tertiary/aromatic N) is 2. The molecule has 14 heavy (non-hydrogen) atoms. The zero-order valence-corrected chi connectivity index (χ0v) is 8.15. The zero-order valence-electron chi connectivity index (χ0n) is 8.15. The highest BCUT2D eigenvalue weighted by molar-refractivity contribution is 5.69. The number of imidazole rings is 1. The number of aromatic nitrogens is 2. The van der Waals surface area contributed by atoms with Gasteiger partial charge in [-0.3, -0.25) is 4.79 Å². The topological polar surface area (TPSA) is 46.9 Å². The van der Waals surface area contributed by atoms with Gasteiger partial charge in [0.05, 0.1) is 0 Å². The van der Waals surface area contributed by atoms with Crippen LogP contribution in [0.4, 0.5) is 0 Å². The van der Waals surface area contributed by atoms with Gasteiger partial charge in [-0.15, -0.1) is 0 Å². The van der Waals surface area contributed by atoms with Gasteiger partial charge in [0.15, 0.2) is 12.1 Å². The van der Waals surface area contributed by atoms with Crippen LogP contribution in [-0.2, 0) is 6.54 Å². The summed E-state index contributed by atoms with van der Waals surface area (Å²) in [4.78, 5) is 14.6. The Hall–Kier alpha value is -1.16. The Bertz CT molecular complexity index is 302. The Labute approximate surface area is 83.3 Å². The summed E-state index contributed by atoms with van der Waals surface area (Å²) in [5, 5.41) is 3.36. The number of piperidine rings is 1. The molecule has 1 N–H and O–H groups in total. The molecule has 1 fully saturated rings. The van der Waals surface area contributed by atoms with Crippen molar-refractivity contribution in [1.82, 2.24) is 14.9 Å². The summed E-state index contributed by atoms with van der Waals surface area (Å²) in [5.41, 5.74) is 0. The third-order valence-corrected chi connectivity index (χ3v) is 2.71. The first-order chi connectivity index (χ1) is 6.90. The highest BCUT2D eigenvalue weighted by atomic mass is 16.1. The lowest BCUT2D eigenvalue weighted by molar-refractivity contribution is 0.110. The van der Waals surface area contributed by atoms with Crippen molar-refractivity contribution in [1.29, 1.82) is 0 Å². The summed E-state index contributed by atoms with van der Waals surface area (Å²) in [5.74, 6) is 1.17. The summed E-state index contributed by atoms with van der Waals surface area (Å²) in [6.45, 7) is 3.08. The van der Waals surface area contributed by atoms with Crippen LogP contribution in [0.5, 0.6) is 0 Å². The third kappa shape index (κ3) is 2.01. The summed E-state index contributed by atoms with van der Waals surface area (Å²) in [6.07, 6.45) is 6.84. The van der Waals surface area contributed by atoms with Crippen LogP contribution in [0.1, 0.15) is 23.5 Å². The molecule has 0 spiro atoms. The van der Waals surface area contributed by atoms with Gasteiger partial charge in [0.1, 0.15) is 0 Å². The van der Waals surface area contributed by atoms with Gasteiger partial charge in [0, 0.05) is 18.9 Å². The highest BCUT2D eigenvalue weighted by Crippen LogP contribution is 2.12. The van der Waals surface area contributed by atoms with Crippen LogP contribution in [0.2, 0.25) is 0 Å². The van der Waals surface area contributed by atoms with Crippen molar-refractivity contribution in [3.63, 3.8) is 0 Å². The van der Waals surface area contributed by atoms with E-state index < -0.39 is 0 Å². The number of carbonyl (C=O) groups is 1. The van der Waals surface area contributed by atoms with Gasteiger partial charge in [0.25, 0.3) is 0 Å². The number of rotatable bonds is 3. The smallest absolute Gasteiger partial charge is 0.185 e. The summed E-state index contributed by atoms with van der Waals surface area (Å²) in [7, 11) is 0. The Morgan fingerprint density at radius 2 is 2.64 bits per heavy atom. The maximum Gasteiger partial charge on any atom is 0.185 e. The van der Waals surface area contributed by atoms with Gasteiger partial charge in [-0.25, -0.2) is 4.98 Å². The Balaban J connectivity index is 1.98. The molecule has 1 aliphatic heterocycles. The van der Waals surface area contributed by atoms with E-state index in [2.05, 4.69) is 10.3 Å². The Morgan fingerprint density at radius 3 is 3.36 bits per heavy atom. The van der Waals surface area contributed by atoms with E-state index in [1.807, 2.05) is 10.8 Å². The second-order valence-electron chi connectivity index (χ2n) is 3.77. The molecular weight excluding hydrogens is 178 g/mol. The Kier molecular flexibility index (Phi) is 2.93. The van der Waals surface area contributed by atoms with Gasteiger partial charge in [-0.05, 0) is 31.8 Å². The molecule has 0 aliphatic carbocycles. The van der Waals surface area contributed by atoms with E-state index in [4.69, 9.17) is 0 Å². The molecule has 0 aromatic carbocycles. The van der Waals surface area contributed by atoms with Crippen molar-refractivity contribution in [2.45, 2.75) is 19.4 Å². The van der Waals surface area contributed by atoms with Gasteiger partial charge >= 0.3 is 0 Å². The molecule has 0 amide bonds. The van der Waals surface area contributed by atoms with Gasteiger partial charge in [-0.2, -0.15) is 0 Å². The highest BCUT2D eigenvalue weighted by Gasteiger charge is 2.14. The van der Waals surface area contributed by atoms with Crippen LogP contribution >= 0.6 is 0 Å². The van der Waals surface area contributed by atoms with Crippen molar-refractivity contribution in [3.8, 4) is 0 Å². The molecule has 4 heteroatoms. The lowest BCUT2D eigenvalue weighted by Gasteiger charge is -2.23. The number of hydrogen-bond donors (Lipinski definition) is 1. The Morgan fingerprint density at radius 1 is 1.71 bits per heavy atom. The van der Waals surface area contributed by atoms with Gasteiger partial charge in [-0.1, -0.05) is 0 Å². The fraction of sp³-hybridized carbons (Fsp3) is 0.600. The predicted molar refractivity (Wildman–Crippen MR) is 53.2 cm³/mol. The standard InChI is InChI=1S/C10H15N3O/c14-8-10-12-4-5-13(10)7-9-2-1-3-11-6-9/h4-5,8-9,11H,1-3,6-7H2. The monoisotopic (exact) mass is 193 g/mol. The SMILES string of the molecule is O=Cc1nccn1CC1CCCNC1. The second kappa shape index (κ2) is 4.37. The maximum absolute atomic E-state index is 10.6. The zero-order chi connectivity index (χ0) is 9.80. The molecule has 1 aromatic heterocycles. The molecule has 4 nitrogen and oxygen atoms in total. The van der Waals surface area contributed by atoms with Crippen LogP contribution < -0.4 is 5.32 Å². The molecule has 76 valence electrons. The molecule has 1 atom stereocenters. The number of hydrogen-bond acceptors (Lipinski definition) is 3. The molecule has 1 saturated heterocycles. The van der Waals surface area contributed by atoms with Crippen molar-refractivity contribution in [2.24, 2.45) is 5.92 Å². The van der Waals surface area contributed by atoms with Crippen molar-refractivity contribution in [2.75, 3.05) is 13.1 Å². The van der Waals surface area contributed by atoms with Gasteiger partial charge < -0.3 is 9.88 Å². The third-order valence-electron chi connectivity index (χ3n) is 2.71. The first-order valence-corrected chi connectivity index (χ1v) is 5.07. The average molecular weight is 193 g/mol. The number of nitrogens with one attached hydrogen (secondary N) is 1. The van der Waals surface area contributed by atoms with Crippen LogP contribution in [0.15, 0.2) is 12.4 Å². The van der Waals surface area contributed by atoms with E-state index in [0.717, 1.165) is 25.9 Å². The molecule has 1 aromatic rings. The first kappa shape index (κ1) is 9.40. The van der Waals surface area contributed by atoms with Crippen molar-refractivity contribution < 1.29 is 4.79 Å². The van der Waals surface area contributed by atoms with E-state index in [1.54, 1.807) is 6.20 Å². The molecule has 1 unspecified atom stereocenters.